The number of hydrogen-bond donors (Lipinski definition) is 2. The normalized spacial score (nSPS) is 10.0. The summed E-state index contributed by atoms with van der Waals surface area (Å²) in [6.07, 6.45) is 0. The summed E-state index contributed by atoms with van der Waals surface area (Å²) in [7, 11) is 1.61. The molecule has 0 aliphatic rings. The molecule has 0 saturated carbocycles. The van der Waals surface area contributed by atoms with Gasteiger partial charge in [-0.15, -0.1) is 0 Å². The van der Waals surface area contributed by atoms with E-state index >= 15 is 0 Å². The van der Waals surface area contributed by atoms with Crippen molar-refractivity contribution in [2.45, 2.75) is 13.1 Å². The molecule has 110 valence electrons. The highest BCUT2D eigenvalue weighted by molar-refractivity contribution is 5.79. The van der Waals surface area contributed by atoms with E-state index in [2.05, 4.69) is 15.6 Å². The van der Waals surface area contributed by atoms with Crippen LogP contribution in [0.1, 0.15) is 11.1 Å². The first-order chi connectivity index (χ1) is 10.2. The molecule has 0 bridgehead atoms. The monoisotopic (exact) mass is 289 g/mol. The van der Waals surface area contributed by atoms with Crippen molar-refractivity contribution in [2.75, 3.05) is 7.05 Å². The van der Waals surface area contributed by atoms with Crippen LogP contribution in [0, 0.1) is 11.6 Å². The molecule has 2 rings (SSSR count). The van der Waals surface area contributed by atoms with E-state index in [1.54, 1.807) is 43.4 Å². The molecule has 0 aliphatic heterocycles. The second kappa shape index (κ2) is 7.38. The second-order valence-corrected chi connectivity index (χ2v) is 4.46. The molecule has 0 atom stereocenters. The number of nitrogens with zero attached hydrogens (tertiary/aromatic N) is 1. The zero-order valence-corrected chi connectivity index (χ0v) is 11.7. The molecule has 2 N–H and O–H groups in total. The molecule has 2 aromatic carbocycles. The van der Waals surface area contributed by atoms with E-state index in [4.69, 9.17) is 0 Å². The summed E-state index contributed by atoms with van der Waals surface area (Å²) in [5.74, 6) is -0.0504. The number of nitrogens with one attached hydrogen (secondary N) is 2. The Bertz CT molecular complexity index is 575. The fourth-order valence-corrected chi connectivity index (χ4v) is 1.86. The van der Waals surface area contributed by atoms with Crippen LogP contribution in [0.25, 0.3) is 0 Å². The highest BCUT2D eigenvalue weighted by Gasteiger charge is 2.04. The summed E-state index contributed by atoms with van der Waals surface area (Å²) < 4.78 is 27.0. The molecule has 21 heavy (non-hydrogen) atoms. The van der Waals surface area contributed by atoms with Crippen LogP contribution >= 0.6 is 0 Å². The van der Waals surface area contributed by atoms with E-state index < -0.39 is 0 Å². The summed E-state index contributed by atoms with van der Waals surface area (Å²) in [5, 5.41) is 5.99. The molecule has 0 heterocycles. The van der Waals surface area contributed by atoms with Crippen molar-refractivity contribution in [3.8, 4) is 0 Å². The number of halogens is 2. The lowest BCUT2D eigenvalue weighted by atomic mass is 10.2. The molecule has 0 fully saturated rings. The van der Waals surface area contributed by atoms with Crippen LogP contribution < -0.4 is 10.6 Å². The van der Waals surface area contributed by atoms with Crippen molar-refractivity contribution in [1.82, 2.24) is 10.6 Å². The average molecular weight is 289 g/mol. The molecular formula is C16H17F2N3. The highest BCUT2D eigenvalue weighted by Crippen LogP contribution is 2.06. The van der Waals surface area contributed by atoms with Gasteiger partial charge in [0.25, 0.3) is 0 Å². The Labute approximate surface area is 122 Å². The van der Waals surface area contributed by atoms with Gasteiger partial charge in [0.15, 0.2) is 5.96 Å². The number of benzene rings is 2. The Hall–Kier alpha value is -2.43. The maximum absolute atomic E-state index is 13.5. The van der Waals surface area contributed by atoms with Crippen molar-refractivity contribution in [3.05, 3.63) is 71.3 Å². The van der Waals surface area contributed by atoms with Crippen LogP contribution in [0.15, 0.2) is 53.5 Å². The second-order valence-electron chi connectivity index (χ2n) is 4.46. The minimum atomic E-state index is -0.269. The van der Waals surface area contributed by atoms with Crippen LogP contribution in [-0.4, -0.2) is 13.0 Å². The van der Waals surface area contributed by atoms with Gasteiger partial charge >= 0.3 is 0 Å². The van der Waals surface area contributed by atoms with E-state index in [1.165, 1.54) is 12.1 Å². The van der Waals surface area contributed by atoms with Crippen molar-refractivity contribution in [2.24, 2.45) is 4.99 Å². The fourth-order valence-electron chi connectivity index (χ4n) is 1.86. The van der Waals surface area contributed by atoms with Crippen LogP contribution in [0.5, 0.6) is 0 Å². The van der Waals surface area contributed by atoms with Crippen LogP contribution in [-0.2, 0) is 13.1 Å². The lowest BCUT2D eigenvalue weighted by Crippen LogP contribution is -2.36. The molecule has 3 nitrogen and oxygen atoms in total. The highest BCUT2D eigenvalue weighted by atomic mass is 19.1. The molecule has 0 radical (unpaired) electrons. The van der Waals surface area contributed by atoms with Crippen LogP contribution in [0.4, 0.5) is 8.78 Å². The minimum absolute atomic E-state index is 0.269. The zero-order chi connectivity index (χ0) is 15.1. The SMILES string of the molecule is CN=C(NCc1ccccc1F)NCc1ccccc1F. The Morgan fingerprint density at radius 2 is 1.29 bits per heavy atom. The molecule has 0 aromatic heterocycles. The van der Waals surface area contributed by atoms with E-state index in [0.717, 1.165) is 0 Å². The van der Waals surface area contributed by atoms with E-state index in [1.807, 2.05) is 0 Å². The van der Waals surface area contributed by atoms with Gasteiger partial charge in [-0.25, -0.2) is 8.78 Å². The quantitative estimate of drug-likeness (QED) is 0.671. The molecule has 2 aromatic rings. The number of rotatable bonds is 4. The molecule has 0 spiro atoms. The number of hydrogen-bond acceptors (Lipinski definition) is 1. The average Bonchev–Trinajstić information content (AvgIpc) is 2.50. The largest absolute Gasteiger partial charge is 0.352 e. The van der Waals surface area contributed by atoms with Gasteiger partial charge in [-0.2, -0.15) is 0 Å². The smallest absolute Gasteiger partial charge is 0.191 e. The van der Waals surface area contributed by atoms with Crippen molar-refractivity contribution < 1.29 is 8.78 Å². The third-order valence-electron chi connectivity index (χ3n) is 3.03. The molecular weight excluding hydrogens is 272 g/mol. The summed E-state index contributed by atoms with van der Waals surface area (Å²) >= 11 is 0. The first-order valence-electron chi connectivity index (χ1n) is 6.62. The zero-order valence-electron chi connectivity index (χ0n) is 11.7. The van der Waals surface area contributed by atoms with Gasteiger partial charge < -0.3 is 10.6 Å². The fraction of sp³-hybridized carbons (Fsp3) is 0.188. The minimum Gasteiger partial charge on any atom is -0.352 e. The molecule has 0 saturated heterocycles. The first-order valence-corrected chi connectivity index (χ1v) is 6.62. The maximum Gasteiger partial charge on any atom is 0.191 e. The van der Waals surface area contributed by atoms with Gasteiger partial charge in [0.2, 0.25) is 0 Å². The Morgan fingerprint density at radius 3 is 1.67 bits per heavy atom. The first kappa shape index (κ1) is 15.0. The van der Waals surface area contributed by atoms with Crippen LogP contribution in [0.3, 0.4) is 0 Å². The standard InChI is InChI=1S/C16H17F2N3/c1-19-16(20-10-12-6-2-4-8-14(12)17)21-11-13-7-3-5-9-15(13)18/h2-9H,10-11H2,1H3,(H2,19,20,21). The molecule has 0 amide bonds. The van der Waals surface area contributed by atoms with Gasteiger partial charge in [-0.3, -0.25) is 4.99 Å². The Balaban J connectivity index is 1.90. The molecule has 0 unspecified atom stereocenters. The maximum atomic E-state index is 13.5. The van der Waals surface area contributed by atoms with Crippen molar-refractivity contribution in [1.29, 1.82) is 0 Å². The molecule has 5 heteroatoms. The van der Waals surface area contributed by atoms with E-state index in [-0.39, 0.29) is 11.6 Å². The Morgan fingerprint density at radius 1 is 0.857 bits per heavy atom. The topological polar surface area (TPSA) is 36.4 Å². The number of guanidine groups is 1. The van der Waals surface area contributed by atoms with Crippen LogP contribution in [0.2, 0.25) is 0 Å². The van der Waals surface area contributed by atoms with Crippen molar-refractivity contribution >= 4 is 5.96 Å². The van der Waals surface area contributed by atoms with Gasteiger partial charge in [-0.1, -0.05) is 36.4 Å². The summed E-state index contributed by atoms with van der Waals surface area (Å²) in [6.45, 7) is 0.618. The van der Waals surface area contributed by atoms with Gasteiger partial charge in [-0.05, 0) is 12.1 Å². The summed E-state index contributed by atoms with van der Waals surface area (Å²) in [4.78, 5) is 4.03. The van der Waals surface area contributed by atoms with Gasteiger partial charge in [0.1, 0.15) is 11.6 Å². The predicted molar refractivity (Wildman–Crippen MR) is 79.8 cm³/mol. The lowest BCUT2D eigenvalue weighted by Gasteiger charge is -2.12. The number of aliphatic imine (C=N–C) groups is 1. The third-order valence-corrected chi connectivity index (χ3v) is 3.03. The van der Waals surface area contributed by atoms with Gasteiger partial charge in [0.05, 0.1) is 0 Å². The van der Waals surface area contributed by atoms with Gasteiger partial charge in [0, 0.05) is 31.3 Å². The third kappa shape index (κ3) is 4.27. The predicted octanol–water partition coefficient (Wildman–Crippen LogP) is 2.83. The lowest BCUT2D eigenvalue weighted by molar-refractivity contribution is 0.600. The van der Waals surface area contributed by atoms with Crippen molar-refractivity contribution in [3.63, 3.8) is 0 Å². The van der Waals surface area contributed by atoms with E-state index in [0.29, 0.717) is 30.2 Å². The summed E-state index contributed by atoms with van der Waals surface area (Å²) in [5.41, 5.74) is 1.10. The molecule has 0 aliphatic carbocycles. The summed E-state index contributed by atoms with van der Waals surface area (Å²) in [6, 6.07) is 13.1. The Kier molecular flexibility index (Phi) is 5.26. The van der Waals surface area contributed by atoms with E-state index in [9.17, 15) is 8.78 Å².